The lowest BCUT2D eigenvalue weighted by Crippen LogP contribution is -2.44. The van der Waals surface area contributed by atoms with Crippen LogP contribution in [0, 0.1) is 0 Å². The Hall–Kier alpha value is -0.0800. The number of rotatable bonds is 16. The smallest absolute Gasteiger partial charge is 0.220 e. The number of ether oxygens (including phenoxy) is 1. The van der Waals surface area contributed by atoms with Crippen molar-refractivity contribution in [1.82, 2.24) is 0 Å². The molecule has 0 N–H and O–H groups in total. The van der Waals surface area contributed by atoms with Crippen LogP contribution in [0.25, 0.3) is 0 Å². The number of nitrogens with zero attached hydrogens (tertiary/aromatic N) is 1. The van der Waals surface area contributed by atoms with E-state index < -0.39 is 0 Å². The van der Waals surface area contributed by atoms with Crippen molar-refractivity contribution < 1.29 is 9.22 Å². The summed E-state index contributed by atoms with van der Waals surface area (Å²) in [5.74, 6) is 0. The Labute approximate surface area is 146 Å². The highest BCUT2D eigenvalue weighted by molar-refractivity contribution is 4.77. The van der Waals surface area contributed by atoms with Gasteiger partial charge in [-0.15, -0.1) is 0 Å². The van der Waals surface area contributed by atoms with Crippen molar-refractivity contribution in [1.29, 1.82) is 0 Å². The summed E-state index contributed by atoms with van der Waals surface area (Å²) in [5.41, 5.74) is 0. The molecule has 1 rings (SSSR count). The third-order valence-corrected chi connectivity index (χ3v) is 5.39. The summed E-state index contributed by atoms with van der Waals surface area (Å²) in [6.07, 6.45) is 20.8. The molecule has 1 aliphatic heterocycles. The second-order valence-corrected chi connectivity index (χ2v) is 8.25. The molecule has 2 nitrogen and oxygen atoms in total. The largest absolute Gasteiger partial charge is 0.314 e. The predicted molar refractivity (Wildman–Crippen MR) is 102 cm³/mol. The molecule has 0 aromatic heterocycles. The molecule has 2 atom stereocenters. The van der Waals surface area contributed by atoms with Gasteiger partial charge in [-0.2, -0.15) is 0 Å². The first-order valence-corrected chi connectivity index (χ1v) is 10.6. The van der Waals surface area contributed by atoms with E-state index in [4.69, 9.17) is 4.74 Å². The van der Waals surface area contributed by atoms with Gasteiger partial charge >= 0.3 is 0 Å². The van der Waals surface area contributed by atoms with E-state index in [1.54, 1.807) is 0 Å². The maximum Gasteiger partial charge on any atom is 0.220 e. The highest BCUT2D eigenvalue weighted by atomic mass is 16.6. The Morgan fingerprint density at radius 1 is 0.652 bits per heavy atom. The summed E-state index contributed by atoms with van der Waals surface area (Å²) < 4.78 is 6.96. The molecule has 0 bridgehead atoms. The third-order valence-electron chi connectivity index (χ3n) is 5.39. The summed E-state index contributed by atoms with van der Waals surface area (Å²) >= 11 is 0. The average molecular weight is 327 g/mol. The lowest BCUT2D eigenvalue weighted by molar-refractivity contribution is -0.911. The minimum atomic E-state index is 0.489. The summed E-state index contributed by atoms with van der Waals surface area (Å²) in [6, 6.07) is 0. The molecule has 0 saturated carbocycles. The molecule has 2 heteroatoms. The van der Waals surface area contributed by atoms with Crippen molar-refractivity contribution in [3.8, 4) is 0 Å². The second-order valence-electron chi connectivity index (χ2n) is 8.25. The van der Waals surface area contributed by atoms with Crippen molar-refractivity contribution >= 4 is 0 Å². The molecule has 23 heavy (non-hydrogen) atoms. The monoisotopic (exact) mass is 326 g/mol. The van der Waals surface area contributed by atoms with Gasteiger partial charge in [0.2, 0.25) is 6.23 Å². The third kappa shape index (κ3) is 9.72. The summed E-state index contributed by atoms with van der Waals surface area (Å²) in [6.45, 7) is 5.79. The number of likely N-dealkylation sites (N-methyl/N-ethyl adjacent to an activating group) is 1. The van der Waals surface area contributed by atoms with E-state index in [1.807, 2.05) is 0 Å². The van der Waals surface area contributed by atoms with Crippen LogP contribution in [-0.2, 0) is 4.74 Å². The van der Waals surface area contributed by atoms with Crippen molar-refractivity contribution in [2.45, 2.75) is 116 Å². The van der Waals surface area contributed by atoms with E-state index in [0.717, 1.165) is 4.48 Å². The first-order chi connectivity index (χ1) is 11.1. The predicted octanol–water partition coefficient (Wildman–Crippen LogP) is 6.29. The van der Waals surface area contributed by atoms with Crippen LogP contribution in [0.5, 0.6) is 0 Å². The molecule has 0 aromatic rings. The molecule has 0 aliphatic carbocycles. The zero-order valence-corrected chi connectivity index (χ0v) is 16.6. The number of epoxide rings is 1. The fourth-order valence-corrected chi connectivity index (χ4v) is 3.85. The first kappa shape index (κ1) is 21.0. The second kappa shape index (κ2) is 12.3. The van der Waals surface area contributed by atoms with Crippen LogP contribution in [0.1, 0.15) is 104 Å². The van der Waals surface area contributed by atoms with Gasteiger partial charge in [-0.05, 0) is 12.8 Å². The summed E-state index contributed by atoms with van der Waals surface area (Å²) in [4.78, 5) is 0. The van der Waals surface area contributed by atoms with Crippen LogP contribution in [-0.4, -0.2) is 37.5 Å². The average Bonchev–Trinajstić information content (AvgIpc) is 3.29. The molecule has 2 unspecified atom stereocenters. The normalized spacial score (nSPS) is 20.9. The zero-order valence-electron chi connectivity index (χ0n) is 16.6. The van der Waals surface area contributed by atoms with Crippen molar-refractivity contribution in [3.05, 3.63) is 0 Å². The Bertz CT molecular complexity index is 277. The fraction of sp³-hybridized carbons (Fsp3) is 1.00. The van der Waals surface area contributed by atoms with Gasteiger partial charge in [0.15, 0.2) is 0 Å². The van der Waals surface area contributed by atoms with Crippen molar-refractivity contribution in [2.24, 2.45) is 0 Å². The van der Waals surface area contributed by atoms with E-state index in [2.05, 4.69) is 27.9 Å². The highest BCUT2D eigenvalue weighted by Gasteiger charge is 2.50. The van der Waals surface area contributed by atoms with Crippen LogP contribution in [0.15, 0.2) is 0 Å². The maximum atomic E-state index is 5.91. The topological polar surface area (TPSA) is 12.5 Å². The molecule has 138 valence electrons. The van der Waals surface area contributed by atoms with Crippen LogP contribution >= 0.6 is 0 Å². The molecule has 0 aromatic carbocycles. The highest BCUT2D eigenvalue weighted by Crippen LogP contribution is 2.33. The molecular formula is C21H44NO+. The number of hydrogen-bond donors (Lipinski definition) is 0. The fourth-order valence-electron chi connectivity index (χ4n) is 3.85. The van der Waals surface area contributed by atoms with Crippen molar-refractivity contribution in [2.75, 3.05) is 20.6 Å². The summed E-state index contributed by atoms with van der Waals surface area (Å²) in [7, 11) is 4.63. The van der Waals surface area contributed by atoms with Gasteiger partial charge < -0.3 is 9.22 Å². The number of hydrogen-bond acceptors (Lipinski definition) is 1. The standard InChI is InChI=1S/C21H44NO/c1-5-7-8-9-10-11-12-13-14-15-16-17-18-20-21(23-20)22(3,4)19-6-2/h20-21H,5-19H2,1-4H3/q+1. The molecule has 1 fully saturated rings. The SMILES string of the molecule is CCCCCCCCCCCCCCC1OC1[N+](C)(C)CCC. The van der Waals surface area contributed by atoms with E-state index in [9.17, 15) is 0 Å². The Morgan fingerprint density at radius 3 is 1.61 bits per heavy atom. The molecule has 1 saturated heterocycles. The van der Waals surface area contributed by atoms with Gasteiger partial charge in [-0.25, -0.2) is 0 Å². The molecular weight excluding hydrogens is 282 g/mol. The quantitative estimate of drug-likeness (QED) is 0.184. The van der Waals surface area contributed by atoms with Crippen LogP contribution in [0.4, 0.5) is 0 Å². The molecule has 0 spiro atoms. The number of unbranched alkanes of at least 4 members (excludes halogenated alkanes) is 11. The first-order valence-electron chi connectivity index (χ1n) is 10.6. The minimum absolute atomic E-state index is 0.489. The maximum absolute atomic E-state index is 5.91. The summed E-state index contributed by atoms with van der Waals surface area (Å²) in [5, 5.41) is 0. The van der Waals surface area contributed by atoms with Crippen LogP contribution < -0.4 is 0 Å². The van der Waals surface area contributed by atoms with Crippen molar-refractivity contribution in [3.63, 3.8) is 0 Å². The van der Waals surface area contributed by atoms with Gasteiger partial charge in [0.25, 0.3) is 0 Å². The van der Waals surface area contributed by atoms with Crippen LogP contribution in [0.2, 0.25) is 0 Å². The van der Waals surface area contributed by atoms with Gasteiger partial charge in [-0.3, -0.25) is 0 Å². The zero-order chi connectivity index (χ0) is 17.0. The van der Waals surface area contributed by atoms with Crippen LogP contribution in [0.3, 0.4) is 0 Å². The number of quaternary nitrogens is 1. The Balaban J connectivity index is 1.81. The van der Waals surface area contributed by atoms with Gasteiger partial charge in [0.1, 0.15) is 6.10 Å². The van der Waals surface area contributed by atoms with Gasteiger partial charge in [0.05, 0.1) is 20.6 Å². The Morgan fingerprint density at radius 2 is 1.13 bits per heavy atom. The van der Waals surface area contributed by atoms with E-state index >= 15 is 0 Å². The molecule has 1 heterocycles. The molecule has 1 aliphatic rings. The molecule has 0 amide bonds. The van der Waals surface area contributed by atoms with E-state index in [-0.39, 0.29) is 0 Å². The minimum Gasteiger partial charge on any atom is -0.314 e. The lowest BCUT2D eigenvalue weighted by atomic mass is 10.0. The van der Waals surface area contributed by atoms with E-state index in [1.165, 1.54) is 96.4 Å². The molecule has 0 radical (unpaired) electrons. The van der Waals surface area contributed by atoms with E-state index in [0.29, 0.717) is 12.3 Å². The van der Waals surface area contributed by atoms with Gasteiger partial charge in [0, 0.05) is 0 Å². The Kier molecular flexibility index (Phi) is 11.2. The lowest BCUT2D eigenvalue weighted by Gasteiger charge is -2.27. The van der Waals surface area contributed by atoms with Gasteiger partial charge in [-0.1, -0.05) is 90.9 Å².